The smallest absolute Gasteiger partial charge is 0.136 e. The molecule has 0 spiro atoms. The SMILES string of the molecule is Cc1ccc2c(-c3ccc(OCCCCCCNCC4CC4)cc3F)nn(C)c2c1. The molecule has 2 aromatic carbocycles. The first-order chi connectivity index (χ1) is 14.6. The molecule has 0 aliphatic heterocycles. The number of aromatic nitrogens is 2. The van der Waals surface area contributed by atoms with Crippen molar-refractivity contribution in [2.75, 3.05) is 19.7 Å². The molecule has 1 fully saturated rings. The molecule has 4 rings (SSSR count). The fraction of sp³-hybridized carbons (Fsp3) is 0.480. The van der Waals surface area contributed by atoms with Crippen molar-refractivity contribution >= 4 is 10.9 Å². The maximum atomic E-state index is 14.8. The molecule has 0 radical (unpaired) electrons. The summed E-state index contributed by atoms with van der Waals surface area (Å²) in [5, 5.41) is 9.04. The van der Waals surface area contributed by atoms with Crippen LogP contribution in [0.25, 0.3) is 22.2 Å². The van der Waals surface area contributed by atoms with Crippen LogP contribution >= 0.6 is 0 Å². The minimum Gasteiger partial charge on any atom is -0.493 e. The van der Waals surface area contributed by atoms with Crippen molar-refractivity contribution in [3.05, 3.63) is 47.8 Å². The second-order valence-corrected chi connectivity index (χ2v) is 8.54. The number of unbranched alkanes of at least 4 members (excludes halogenated alkanes) is 3. The predicted molar refractivity (Wildman–Crippen MR) is 120 cm³/mol. The first-order valence-corrected chi connectivity index (χ1v) is 11.2. The van der Waals surface area contributed by atoms with Crippen molar-refractivity contribution in [1.82, 2.24) is 15.1 Å². The summed E-state index contributed by atoms with van der Waals surface area (Å²) in [6, 6.07) is 11.2. The largest absolute Gasteiger partial charge is 0.493 e. The highest BCUT2D eigenvalue weighted by Crippen LogP contribution is 2.32. The lowest BCUT2D eigenvalue weighted by atomic mass is 10.1. The molecule has 0 bridgehead atoms. The van der Waals surface area contributed by atoms with Gasteiger partial charge in [0.1, 0.15) is 17.3 Å². The van der Waals surface area contributed by atoms with Gasteiger partial charge in [0.25, 0.3) is 0 Å². The van der Waals surface area contributed by atoms with E-state index < -0.39 is 0 Å². The van der Waals surface area contributed by atoms with E-state index in [1.54, 1.807) is 6.07 Å². The molecule has 1 N–H and O–H groups in total. The van der Waals surface area contributed by atoms with Gasteiger partial charge in [0, 0.05) is 24.1 Å². The number of fused-ring (bicyclic) bond motifs is 1. The normalized spacial score (nSPS) is 13.8. The quantitative estimate of drug-likeness (QED) is 0.417. The number of nitrogens with one attached hydrogen (secondary N) is 1. The first kappa shape index (κ1) is 20.9. The Hall–Kier alpha value is -2.40. The van der Waals surface area contributed by atoms with E-state index in [1.165, 1.54) is 38.3 Å². The summed E-state index contributed by atoms with van der Waals surface area (Å²) >= 11 is 0. The molecular formula is C25H32FN3O. The molecule has 30 heavy (non-hydrogen) atoms. The third kappa shape index (κ3) is 5.20. The van der Waals surface area contributed by atoms with Gasteiger partial charge in [-0.05, 0) is 75.4 Å². The molecule has 4 nitrogen and oxygen atoms in total. The van der Waals surface area contributed by atoms with Crippen LogP contribution in [0.1, 0.15) is 44.1 Å². The Morgan fingerprint density at radius 1 is 1.10 bits per heavy atom. The van der Waals surface area contributed by atoms with E-state index in [-0.39, 0.29) is 5.82 Å². The van der Waals surface area contributed by atoms with Gasteiger partial charge in [0.05, 0.1) is 12.1 Å². The monoisotopic (exact) mass is 409 g/mol. The Labute approximate surface area is 178 Å². The van der Waals surface area contributed by atoms with Gasteiger partial charge in [0.15, 0.2) is 0 Å². The van der Waals surface area contributed by atoms with Gasteiger partial charge in [0.2, 0.25) is 0 Å². The third-order valence-electron chi connectivity index (χ3n) is 5.85. The topological polar surface area (TPSA) is 39.1 Å². The summed E-state index contributed by atoms with van der Waals surface area (Å²) in [6.07, 6.45) is 7.38. The fourth-order valence-corrected chi connectivity index (χ4v) is 3.87. The van der Waals surface area contributed by atoms with E-state index in [1.807, 2.05) is 36.9 Å². The Kier molecular flexibility index (Phi) is 6.68. The second-order valence-electron chi connectivity index (χ2n) is 8.54. The molecule has 1 heterocycles. The van der Waals surface area contributed by atoms with Crippen LogP contribution in [-0.2, 0) is 7.05 Å². The van der Waals surface area contributed by atoms with Crippen molar-refractivity contribution in [2.45, 2.75) is 45.4 Å². The molecule has 0 atom stereocenters. The average molecular weight is 410 g/mol. The number of ether oxygens (including phenoxy) is 1. The summed E-state index contributed by atoms with van der Waals surface area (Å²) in [4.78, 5) is 0. The molecule has 1 saturated carbocycles. The summed E-state index contributed by atoms with van der Waals surface area (Å²) in [6.45, 7) is 4.98. The highest BCUT2D eigenvalue weighted by atomic mass is 19.1. The summed E-state index contributed by atoms with van der Waals surface area (Å²) in [5.74, 6) is 1.24. The predicted octanol–water partition coefficient (Wildman–Crippen LogP) is 5.63. The van der Waals surface area contributed by atoms with E-state index in [0.717, 1.165) is 41.8 Å². The highest BCUT2D eigenvalue weighted by Gasteiger charge is 2.19. The van der Waals surface area contributed by atoms with Crippen LogP contribution in [0.3, 0.4) is 0 Å². The summed E-state index contributed by atoms with van der Waals surface area (Å²) < 4.78 is 22.4. The summed E-state index contributed by atoms with van der Waals surface area (Å²) in [7, 11) is 1.89. The van der Waals surface area contributed by atoms with Crippen molar-refractivity contribution in [1.29, 1.82) is 0 Å². The minimum absolute atomic E-state index is 0.296. The third-order valence-corrected chi connectivity index (χ3v) is 5.85. The van der Waals surface area contributed by atoms with Gasteiger partial charge in [-0.2, -0.15) is 5.10 Å². The van der Waals surface area contributed by atoms with Crippen LogP contribution in [0.4, 0.5) is 4.39 Å². The molecule has 3 aromatic rings. The van der Waals surface area contributed by atoms with Gasteiger partial charge in [-0.3, -0.25) is 4.68 Å². The molecule has 0 unspecified atom stereocenters. The lowest BCUT2D eigenvalue weighted by molar-refractivity contribution is 0.303. The molecule has 1 aliphatic carbocycles. The number of nitrogens with zero attached hydrogens (tertiary/aromatic N) is 2. The number of hydrogen-bond donors (Lipinski definition) is 1. The van der Waals surface area contributed by atoms with Gasteiger partial charge in [-0.15, -0.1) is 0 Å². The maximum Gasteiger partial charge on any atom is 0.136 e. The standard InChI is InChI=1S/C25H32FN3O/c1-18-7-11-22-24(15-18)29(2)28-25(22)21-12-10-20(16-23(21)26)30-14-6-4-3-5-13-27-17-19-8-9-19/h7,10-12,15-16,19,27H,3-6,8-9,13-14,17H2,1-2H3. The highest BCUT2D eigenvalue weighted by molar-refractivity contribution is 5.93. The Morgan fingerprint density at radius 2 is 1.93 bits per heavy atom. The van der Waals surface area contributed by atoms with E-state index >= 15 is 0 Å². The van der Waals surface area contributed by atoms with Gasteiger partial charge in [-0.1, -0.05) is 25.0 Å². The molecule has 1 aliphatic rings. The Balaban J connectivity index is 1.26. The van der Waals surface area contributed by atoms with Crippen molar-refractivity contribution in [2.24, 2.45) is 13.0 Å². The zero-order valence-corrected chi connectivity index (χ0v) is 18.1. The summed E-state index contributed by atoms with van der Waals surface area (Å²) in [5.41, 5.74) is 3.35. The second kappa shape index (κ2) is 9.61. The zero-order chi connectivity index (χ0) is 20.9. The number of rotatable bonds is 11. The van der Waals surface area contributed by atoms with E-state index in [0.29, 0.717) is 23.6 Å². The lowest BCUT2D eigenvalue weighted by Gasteiger charge is -2.08. The van der Waals surface area contributed by atoms with E-state index in [2.05, 4.69) is 16.5 Å². The molecule has 1 aromatic heterocycles. The van der Waals surface area contributed by atoms with E-state index in [4.69, 9.17) is 4.74 Å². The fourth-order valence-electron chi connectivity index (χ4n) is 3.87. The van der Waals surface area contributed by atoms with Gasteiger partial charge < -0.3 is 10.1 Å². The van der Waals surface area contributed by atoms with Crippen LogP contribution in [0.5, 0.6) is 5.75 Å². The van der Waals surface area contributed by atoms with Crippen molar-refractivity contribution in [3.8, 4) is 17.0 Å². The molecule has 0 saturated heterocycles. The van der Waals surface area contributed by atoms with Crippen LogP contribution in [0.2, 0.25) is 0 Å². The van der Waals surface area contributed by atoms with Crippen LogP contribution < -0.4 is 10.1 Å². The van der Waals surface area contributed by atoms with E-state index in [9.17, 15) is 4.39 Å². The lowest BCUT2D eigenvalue weighted by Crippen LogP contribution is -2.17. The van der Waals surface area contributed by atoms with Crippen molar-refractivity contribution in [3.63, 3.8) is 0 Å². The number of benzene rings is 2. The van der Waals surface area contributed by atoms with Gasteiger partial charge in [-0.25, -0.2) is 4.39 Å². The minimum atomic E-state index is -0.296. The Morgan fingerprint density at radius 3 is 2.73 bits per heavy atom. The maximum absolute atomic E-state index is 14.8. The number of aryl methyl sites for hydroxylation is 2. The number of hydrogen-bond acceptors (Lipinski definition) is 3. The Bertz CT molecular complexity index is 993. The van der Waals surface area contributed by atoms with Gasteiger partial charge >= 0.3 is 0 Å². The first-order valence-electron chi connectivity index (χ1n) is 11.2. The molecule has 5 heteroatoms. The van der Waals surface area contributed by atoms with Crippen molar-refractivity contribution < 1.29 is 9.13 Å². The van der Waals surface area contributed by atoms with Crippen LogP contribution in [-0.4, -0.2) is 29.5 Å². The number of halogens is 1. The molecular weight excluding hydrogens is 377 g/mol. The zero-order valence-electron chi connectivity index (χ0n) is 18.1. The van der Waals surface area contributed by atoms with Crippen LogP contribution in [0, 0.1) is 18.7 Å². The van der Waals surface area contributed by atoms with Crippen LogP contribution in [0.15, 0.2) is 36.4 Å². The average Bonchev–Trinajstić information content (AvgIpc) is 3.50. The molecule has 160 valence electrons. The molecule has 0 amide bonds.